The molecule has 4 nitrogen and oxygen atoms in total. The Labute approximate surface area is 96.8 Å². The molecule has 0 aliphatic heterocycles. The van der Waals surface area contributed by atoms with Crippen molar-refractivity contribution in [3.63, 3.8) is 0 Å². The average molecular weight is 223 g/mol. The van der Waals surface area contributed by atoms with Crippen LogP contribution in [-0.4, -0.2) is 22.7 Å². The van der Waals surface area contributed by atoms with E-state index in [4.69, 9.17) is 4.52 Å². The van der Waals surface area contributed by atoms with Crippen LogP contribution in [0.1, 0.15) is 51.2 Å². The highest BCUT2D eigenvalue weighted by Crippen LogP contribution is 2.45. The molecule has 1 aromatic heterocycles. The summed E-state index contributed by atoms with van der Waals surface area (Å²) >= 11 is 0. The zero-order chi connectivity index (χ0) is 11.5. The van der Waals surface area contributed by atoms with E-state index in [0.717, 1.165) is 37.0 Å². The molecule has 90 valence electrons. The van der Waals surface area contributed by atoms with Crippen molar-refractivity contribution >= 4 is 0 Å². The van der Waals surface area contributed by atoms with Gasteiger partial charge in [0.2, 0.25) is 5.89 Å². The molecule has 0 aromatic carbocycles. The van der Waals surface area contributed by atoms with Crippen LogP contribution >= 0.6 is 0 Å². The van der Waals surface area contributed by atoms with Gasteiger partial charge >= 0.3 is 0 Å². The minimum Gasteiger partial charge on any atom is -0.339 e. The Morgan fingerprint density at radius 3 is 2.88 bits per heavy atom. The number of nitrogens with zero attached hydrogens (tertiary/aromatic N) is 2. The van der Waals surface area contributed by atoms with Crippen LogP contribution in [-0.2, 0) is 6.42 Å². The van der Waals surface area contributed by atoms with E-state index in [-0.39, 0.29) is 0 Å². The van der Waals surface area contributed by atoms with E-state index in [9.17, 15) is 0 Å². The van der Waals surface area contributed by atoms with Crippen molar-refractivity contribution in [2.45, 2.75) is 52.0 Å². The van der Waals surface area contributed by atoms with Gasteiger partial charge in [0.1, 0.15) is 0 Å². The number of hydrogen-bond donors (Lipinski definition) is 1. The van der Waals surface area contributed by atoms with Gasteiger partial charge in [0.25, 0.3) is 0 Å². The maximum Gasteiger partial charge on any atom is 0.226 e. The molecular formula is C12H21N3O. The molecule has 0 spiro atoms. The molecule has 1 N–H and O–H groups in total. The smallest absolute Gasteiger partial charge is 0.226 e. The lowest BCUT2D eigenvalue weighted by atomic mass is 10.3. The monoisotopic (exact) mass is 223 g/mol. The minimum absolute atomic E-state index is 0.547. The second-order valence-electron chi connectivity index (χ2n) is 5.08. The van der Waals surface area contributed by atoms with Gasteiger partial charge in [0.05, 0.1) is 0 Å². The number of hydrogen-bond acceptors (Lipinski definition) is 4. The second kappa shape index (κ2) is 4.95. The average Bonchev–Trinajstić information content (AvgIpc) is 2.79. The van der Waals surface area contributed by atoms with Crippen LogP contribution in [0.15, 0.2) is 4.52 Å². The molecule has 1 fully saturated rings. The number of aromatic nitrogens is 2. The van der Waals surface area contributed by atoms with Crippen LogP contribution in [0.2, 0.25) is 0 Å². The third kappa shape index (κ3) is 3.04. The summed E-state index contributed by atoms with van der Waals surface area (Å²) in [5, 5.41) is 7.41. The fourth-order valence-corrected chi connectivity index (χ4v) is 1.83. The lowest BCUT2D eigenvalue weighted by Crippen LogP contribution is -2.23. The first-order valence-electron chi connectivity index (χ1n) is 6.22. The first kappa shape index (κ1) is 11.6. The molecule has 16 heavy (non-hydrogen) atoms. The summed E-state index contributed by atoms with van der Waals surface area (Å²) in [5.74, 6) is 3.01. The van der Waals surface area contributed by atoms with Gasteiger partial charge in [-0.25, -0.2) is 0 Å². The highest BCUT2D eigenvalue weighted by molar-refractivity contribution is 5.07. The first-order chi connectivity index (χ1) is 7.66. The predicted octanol–water partition coefficient (Wildman–Crippen LogP) is 2.12. The molecule has 2 unspecified atom stereocenters. The minimum atomic E-state index is 0.547. The first-order valence-corrected chi connectivity index (χ1v) is 6.22. The lowest BCUT2D eigenvalue weighted by molar-refractivity contribution is 0.368. The molecule has 0 bridgehead atoms. The summed E-state index contributed by atoms with van der Waals surface area (Å²) in [6, 6.07) is 0.547. The SMILES string of the molecule is CC(C)NCCCc1nc(C2CC2C)no1. The van der Waals surface area contributed by atoms with Crippen molar-refractivity contribution in [2.24, 2.45) is 5.92 Å². The zero-order valence-corrected chi connectivity index (χ0v) is 10.4. The molecule has 1 saturated carbocycles. The van der Waals surface area contributed by atoms with Crippen LogP contribution in [0, 0.1) is 5.92 Å². The number of aryl methyl sites for hydroxylation is 1. The molecule has 1 heterocycles. The van der Waals surface area contributed by atoms with Gasteiger partial charge in [0.15, 0.2) is 5.82 Å². The summed E-state index contributed by atoms with van der Waals surface area (Å²) in [6.07, 6.45) is 3.15. The molecule has 1 aromatic rings. The van der Waals surface area contributed by atoms with Crippen LogP contribution in [0.25, 0.3) is 0 Å². The van der Waals surface area contributed by atoms with E-state index < -0.39 is 0 Å². The zero-order valence-electron chi connectivity index (χ0n) is 10.4. The van der Waals surface area contributed by atoms with Gasteiger partial charge in [-0.2, -0.15) is 4.98 Å². The predicted molar refractivity (Wildman–Crippen MR) is 62.3 cm³/mol. The maximum absolute atomic E-state index is 5.23. The van der Waals surface area contributed by atoms with E-state index in [1.807, 2.05) is 0 Å². The number of rotatable bonds is 6. The molecule has 0 saturated heterocycles. The van der Waals surface area contributed by atoms with Gasteiger partial charge in [-0.3, -0.25) is 0 Å². The summed E-state index contributed by atoms with van der Waals surface area (Å²) in [5.41, 5.74) is 0. The normalized spacial score (nSPS) is 24.0. The topological polar surface area (TPSA) is 51.0 Å². The molecule has 0 radical (unpaired) electrons. The molecule has 2 rings (SSSR count). The van der Waals surface area contributed by atoms with Gasteiger partial charge in [-0.1, -0.05) is 25.9 Å². The molecular weight excluding hydrogens is 202 g/mol. The van der Waals surface area contributed by atoms with Crippen molar-refractivity contribution in [1.29, 1.82) is 0 Å². The number of nitrogens with one attached hydrogen (secondary N) is 1. The summed E-state index contributed by atoms with van der Waals surface area (Å²) < 4.78 is 5.23. The Bertz CT molecular complexity index is 335. The largest absolute Gasteiger partial charge is 0.339 e. The lowest BCUT2D eigenvalue weighted by Gasteiger charge is -2.05. The van der Waals surface area contributed by atoms with E-state index in [1.165, 1.54) is 6.42 Å². The molecule has 1 aliphatic rings. The Morgan fingerprint density at radius 1 is 1.50 bits per heavy atom. The quantitative estimate of drug-likeness (QED) is 0.751. The highest BCUT2D eigenvalue weighted by atomic mass is 16.5. The van der Waals surface area contributed by atoms with Crippen LogP contribution in [0.3, 0.4) is 0 Å². The molecule has 2 atom stereocenters. The maximum atomic E-state index is 5.23. The van der Waals surface area contributed by atoms with Gasteiger partial charge in [-0.15, -0.1) is 0 Å². The summed E-state index contributed by atoms with van der Waals surface area (Å²) in [7, 11) is 0. The van der Waals surface area contributed by atoms with E-state index in [2.05, 4.69) is 36.2 Å². The summed E-state index contributed by atoms with van der Waals surface area (Å²) in [6.45, 7) is 7.54. The van der Waals surface area contributed by atoms with Crippen LogP contribution < -0.4 is 5.32 Å². The van der Waals surface area contributed by atoms with E-state index in [1.54, 1.807) is 0 Å². The second-order valence-corrected chi connectivity index (χ2v) is 5.08. The molecule has 0 amide bonds. The van der Waals surface area contributed by atoms with Crippen molar-refractivity contribution in [3.8, 4) is 0 Å². The van der Waals surface area contributed by atoms with Crippen molar-refractivity contribution in [3.05, 3.63) is 11.7 Å². The Kier molecular flexibility index (Phi) is 3.59. The van der Waals surface area contributed by atoms with Crippen molar-refractivity contribution in [1.82, 2.24) is 15.5 Å². The Morgan fingerprint density at radius 2 is 2.25 bits per heavy atom. The standard InChI is InChI=1S/C12H21N3O/c1-8(2)13-6-4-5-11-14-12(15-16-11)10-7-9(10)3/h8-10,13H,4-7H2,1-3H3. The van der Waals surface area contributed by atoms with Crippen molar-refractivity contribution in [2.75, 3.05) is 6.54 Å². The fourth-order valence-electron chi connectivity index (χ4n) is 1.83. The Balaban J connectivity index is 1.71. The van der Waals surface area contributed by atoms with Gasteiger partial charge in [-0.05, 0) is 25.3 Å². The van der Waals surface area contributed by atoms with Crippen LogP contribution in [0.4, 0.5) is 0 Å². The summed E-state index contributed by atoms with van der Waals surface area (Å²) in [4.78, 5) is 4.43. The highest BCUT2D eigenvalue weighted by Gasteiger charge is 2.37. The fraction of sp³-hybridized carbons (Fsp3) is 0.833. The molecule has 4 heteroatoms. The van der Waals surface area contributed by atoms with Crippen molar-refractivity contribution < 1.29 is 4.52 Å². The third-order valence-corrected chi connectivity index (χ3v) is 3.04. The Hall–Kier alpha value is -0.900. The van der Waals surface area contributed by atoms with Gasteiger partial charge in [0, 0.05) is 18.4 Å². The van der Waals surface area contributed by atoms with E-state index in [0.29, 0.717) is 12.0 Å². The third-order valence-electron chi connectivity index (χ3n) is 3.04. The van der Waals surface area contributed by atoms with Crippen LogP contribution in [0.5, 0.6) is 0 Å². The van der Waals surface area contributed by atoms with E-state index >= 15 is 0 Å². The van der Waals surface area contributed by atoms with Gasteiger partial charge < -0.3 is 9.84 Å². The molecule has 1 aliphatic carbocycles.